The summed E-state index contributed by atoms with van der Waals surface area (Å²) in [5.41, 5.74) is 0. The number of hydrogen-bond donors (Lipinski definition) is 0. The van der Waals surface area contributed by atoms with Gasteiger partial charge in [-0.05, 0) is 13.8 Å². The number of carbonyl (C=O) groups excluding carboxylic acids is 2. The molecule has 0 radical (unpaired) electrons. The Bertz CT molecular complexity index is 319. The van der Waals surface area contributed by atoms with Crippen LogP contribution in [0.15, 0.2) is 0 Å². The monoisotopic (exact) mass is 238 g/mol. The van der Waals surface area contributed by atoms with Crippen LogP contribution in [-0.2, 0) is 19.1 Å². The molecule has 2 atom stereocenters. The summed E-state index contributed by atoms with van der Waals surface area (Å²) >= 11 is 0. The Balaban J connectivity index is 4.55. The Hall–Kier alpha value is -2.08. The van der Waals surface area contributed by atoms with Gasteiger partial charge in [0.2, 0.25) is 0 Å². The molecule has 0 bridgehead atoms. The van der Waals surface area contributed by atoms with Gasteiger partial charge >= 0.3 is 11.9 Å². The van der Waals surface area contributed by atoms with Crippen molar-refractivity contribution in [1.29, 1.82) is 10.5 Å². The highest BCUT2D eigenvalue weighted by molar-refractivity contribution is 5.79. The third-order valence-corrected chi connectivity index (χ3v) is 1.93. The SMILES string of the molecule is CCOC(=O)C(C#N)CC(C#N)C(=O)OCC. The zero-order valence-corrected chi connectivity index (χ0v) is 9.80. The first-order chi connectivity index (χ1) is 8.10. The van der Waals surface area contributed by atoms with Crippen LogP contribution in [-0.4, -0.2) is 25.2 Å². The summed E-state index contributed by atoms with van der Waals surface area (Å²) in [5, 5.41) is 17.5. The van der Waals surface area contributed by atoms with Crippen LogP contribution in [0.5, 0.6) is 0 Å². The normalized spacial score (nSPS) is 12.7. The lowest BCUT2D eigenvalue weighted by Crippen LogP contribution is -2.24. The summed E-state index contributed by atoms with van der Waals surface area (Å²) < 4.78 is 9.31. The van der Waals surface area contributed by atoms with Gasteiger partial charge in [-0.3, -0.25) is 9.59 Å². The summed E-state index contributed by atoms with van der Waals surface area (Å²) in [6.07, 6.45) is -0.204. The van der Waals surface area contributed by atoms with Gasteiger partial charge in [-0.15, -0.1) is 0 Å². The Morgan fingerprint density at radius 3 is 1.59 bits per heavy atom. The van der Waals surface area contributed by atoms with Crippen molar-refractivity contribution in [3.8, 4) is 12.1 Å². The molecular formula is C11H14N2O4. The first-order valence-electron chi connectivity index (χ1n) is 5.23. The number of hydrogen-bond acceptors (Lipinski definition) is 6. The van der Waals surface area contributed by atoms with E-state index in [1.165, 1.54) is 0 Å². The molecule has 0 heterocycles. The predicted octanol–water partition coefficient (Wildman–Crippen LogP) is 0.782. The Morgan fingerprint density at radius 1 is 1.00 bits per heavy atom. The molecule has 0 rings (SSSR count). The molecule has 0 saturated heterocycles. The van der Waals surface area contributed by atoms with Crippen LogP contribution in [0.3, 0.4) is 0 Å². The molecule has 0 aromatic carbocycles. The topological polar surface area (TPSA) is 100 Å². The molecule has 0 saturated carbocycles. The lowest BCUT2D eigenvalue weighted by atomic mass is 9.96. The molecule has 0 fully saturated rings. The average Bonchev–Trinajstić information content (AvgIpc) is 2.31. The molecule has 0 N–H and O–H groups in total. The van der Waals surface area contributed by atoms with Gasteiger partial charge in [0.25, 0.3) is 0 Å². The molecule has 0 amide bonds. The first-order valence-corrected chi connectivity index (χ1v) is 5.23. The van der Waals surface area contributed by atoms with Gasteiger partial charge in [-0.1, -0.05) is 0 Å². The molecule has 6 nitrogen and oxygen atoms in total. The summed E-state index contributed by atoms with van der Waals surface area (Å²) in [4.78, 5) is 22.6. The molecule has 0 aliphatic heterocycles. The highest BCUT2D eigenvalue weighted by Gasteiger charge is 2.29. The molecule has 0 aromatic heterocycles. The maximum atomic E-state index is 11.3. The largest absolute Gasteiger partial charge is 0.465 e. The first kappa shape index (κ1) is 14.9. The van der Waals surface area contributed by atoms with Crippen molar-refractivity contribution in [1.82, 2.24) is 0 Å². The van der Waals surface area contributed by atoms with E-state index in [2.05, 4.69) is 9.47 Å². The van der Waals surface area contributed by atoms with Crippen molar-refractivity contribution >= 4 is 11.9 Å². The number of nitriles is 2. The second kappa shape index (κ2) is 8.12. The van der Waals surface area contributed by atoms with Crippen LogP contribution in [0.1, 0.15) is 20.3 Å². The fourth-order valence-electron chi connectivity index (χ4n) is 1.12. The van der Waals surface area contributed by atoms with Crippen LogP contribution in [0.4, 0.5) is 0 Å². The molecule has 0 aromatic rings. The van der Waals surface area contributed by atoms with Crippen molar-refractivity contribution in [2.75, 3.05) is 13.2 Å². The highest BCUT2D eigenvalue weighted by atomic mass is 16.5. The average molecular weight is 238 g/mol. The molecule has 0 spiro atoms. The van der Waals surface area contributed by atoms with Gasteiger partial charge < -0.3 is 9.47 Å². The maximum Gasteiger partial charge on any atom is 0.323 e. The lowest BCUT2D eigenvalue weighted by molar-refractivity contribution is -0.149. The number of nitrogens with zero attached hydrogens (tertiary/aromatic N) is 2. The van der Waals surface area contributed by atoms with E-state index in [1.54, 1.807) is 26.0 Å². The minimum atomic E-state index is -1.12. The van der Waals surface area contributed by atoms with Crippen molar-refractivity contribution in [2.45, 2.75) is 20.3 Å². The highest BCUT2D eigenvalue weighted by Crippen LogP contribution is 2.14. The van der Waals surface area contributed by atoms with Gasteiger partial charge in [0.15, 0.2) is 0 Å². The lowest BCUT2D eigenvalue weighted by Gasteiger charge is -2.11. The van der Waals surface area contributed by atoms with E-state index < -0.39 is 23.8 Å². The van der Waals surface area contributed by atoms with E-state index in [4.69, 9.17) is 10.5 Å². The number of carbonyl (C=O) groups is 2. The van der Waals surface area contributed by atoms with Gasteiger partial charge in [-0.2, -0.15) is 10.5 Å². The molecule has 2 unspecified atom stereocenters. The fourth-order valence-corrected chi connectivity index (χ4v) is 1.12. The van der Waals surface area contributed by atoms with E-state index in [0.29, 0.717) is 0 Å². The maximum absolute atomic E-state index is 11.3. The minimum absolute atomic E-state index is 0.146. The Morgan fingerprint density at radius 2 is 1.35 bits per heavy atom. The molecule has 92 valence electrons. The molecule has 17 heavy (non-hydrogen) atoms. The van der Waals surface area contributed by atoms with E-state index in [9.17, 15) is 9.59 Å². The quantitative estimate of drug-likeness (QED) is 0.634. The summed E-state index contributed by atoms with van der Waals surface area (Å²) in [6.45, 7) is 3.51. The van der Waals surface area contributed by atoms with E-state index >= 15 is 0 Å². The van der Waals surface area contributed by atoms with Crippen LogP contribution in [0.2, 0.25) is 0 Å². The van der Waals surface area contributed by atoms with E-state index in [1.807, 2.05) is 0 Å². The van der Waals surface area contributed by atoms with Crippen LogP contribution in [0, 0.1) is 34.5 Å². The Labute approximate surface area is 99.7 Å². The van der Waals surface area contributed by atoms with Gasteiger partial charge in [-0.25, -0.2) is 0 Å². The fraction of sp³-hybridized carbons (Fsp3) is 0.636. The van der Waals surface area contributed by atoms with Gasteiger partial charge in [0.1, 0.15) is 11.8 Å². The summed E-state index contributed by atoms with van der Waals surface area (Å²) in [7, 11) is 0. The third-order valence-electron chi connectivity index (χ3n) is 1.93. The van der Waals surface area contributed by atoms with Crippen LogP contribution < -0.4 is 0 Å². The van der Waals surface area contributed by atoms with Crippen molar-refractivity contribution in [3.63, 3.8) is 0 Å². The van der Waals surface area contributed by atoms with Gasteiger partial charge in [0, 0.05) is 6.42 Å². The number of rotatable bonds is 6. The zero-order chi connectivity index (χ0) is 13.3. The predicted molar refractivity (Wildman–Crippen MR) is 56.1 cm³/mol. The zero-order valence-electron chi connectivity index (χ0n) is 9.80. The molecule has 0 aliphatic rings. The van der Waals surface area contributed by atoms with Crippen LogP contribution >= 0.6 is 0 Å². The standard InChI is InChI=1S/C11H14N2O4/c1-3-16-10(14)8(6-12)5-9(7-13)11(15)17-4-2/h8-9H,3-5H2,1-2H3. The van der Waals surface area contributed by atoms with Crippen molar-refractivity contribution in [2.24, 2.45) is 11.8 Å². The van der Waals surface area contributed by atoms with Crippen molar-refractivity contribution in [3.05, 3.63) is 0 Å². The third kappa shape index (κ3) is 4.98. The smallest absolute Gasteiger partial charge is 0.323 e. The number of ether oxygens (including phenoxy) is 2. The van der Waals surface area contributed by atoms with Crippen molar-refractivity contribution < 1.29 is 19.1 Å². The van der Waals surface area contributed by atoms with E-state index in [-0.39, 0.29) is 19.6 Å². The van der Waals surface area contributed by atoms with E-state index in [0.717, 1.165) is 0 Å². The number of esters is 2. The second-order valence-corrected chi connectivity index (χ2v) is 3.10. The summed E-state index contributed by atoms with van der Waals surface area (Å²) in [5.74, 6) is -3.69. The summed E-state index contributed by atoms with van der Waals surface area (Å²) in [6, 6.07) is 3.43. The Kier molecular flexibility index (Phi) is 7.12. The van der Waals surface area contributed by atoms with Crippen LogP contribution in [0.25, 0.3) is 0 Å². The van der Waals surface area contributed by atoms with Gasteiger partial charge in [0.05, 0.1) is 25.4 Å². The molecular weight excluding hydrogens is 224 g/mol. The second-order valence-electron chi connectivity index (χ2n) is 3.10. The molecule has 0 aliphatic carbocycles. The minimum Gasteiger partial charge on any atom is -0.465 e. The molecule has 6 heteroatoms.